The number of thiophene rings is 1. The lowest BCUT2D eigenvalue weighted by Gasteiger charge is -2.17. The Bertz CT molecular complexity index is 549. The molecule has 21 heavy (non-hydrogen) atoms. The van der Waals surface area contributed by atoms with Gasteiger partial charge in [0.05, 0.1) is 6.54 Å². The minimum absolute atomic E-state index is 0.161. The van der Waals surface area contributed by atoms with Crippen molar-refractivity contribution < 1.29 is 9.53 Å². The van der Waals surface area contributed by atoms with Gasteiger partial charge in [0.25, 0.3) is 0 Å². The molecule has 1 aromatic heterocycles. The van der Waals surface area contributed by atoms with Crippen LogP contribution in [-0.4, -0.2) is 31.0 Å². The summed E-state index contributed by atoms with van der Waals surface area (Å²) in [6.45, 7) is 3.17. The van der Waals surface area contributed by atoms with Gasteiger partial charge in [0, 0.05) is 13.5 Å². The van der Waals surface area contributed by atoms with E-state index < -0.39 is 0 Å². The van der Waals surface area contributed by atoms with Crippen molar-refractivity contribution in [2.45, 2.75) is 19.8 Å². The molecule has 0 unspecified atom stereocenters. The van der Waals surface area contributed by atoms with Crippen LogP contribution in [0.25, 0.3) is 0 Å². The number of ether oxygens (including phenoxy) is 1. The van der Waals surface area contributed by atoms with Crippen LogP contribution in [-0.2, 0) is 11.2 Å². The smallest absolute Gasteiger partial charge is 0.222 e. The minimum Gasteiger partial charge on any atom is -0.492 e. The van der Waals surface area contributed by atoms with Gasteiger partial charge in [-0.25, -0.2) is 0 Å². The highest BCUT2D eigenvalue weighted by molar-refractivity contribution is 7.07. The SMILES string of the molecule is Cc1ccc(OCCN(C)C(=O)CCc2ccsc2)cc1. The predicted octanol–water partition coefficient (Wildman–Crippen LogP) is 3.53. The first-order chi connectivity index (χ1) is 10.1. The van der Waals surface area contributed by atoms with E-state index >= 15 is 0 Å². The van der Waals surface area contributed by atoms with Crippen molar-refractivity contribution >= 4 is 17.2 Å². The summed E-state index contributed by atoms with van der Waals surface area (Å²) < 4.78 is 5.64. The summed E-state index contributed by atoms with van der Waals surface area (Å²) in [4.78, 5) is 13.7. The van der Waals surface area contributed by atoms with Crippen molar-refractivity contribution in [3.8, 4) is 5.75 Å². The second kappa shape index (κ2) is 7.84. The fraction of sp³-hybridized carbons (Fsp3) is 0.353. The van der Waals surface area contributed by atoms with Crippen LogP contribution in [0.4, 0.5) is 0 Å². The van der Waals surface area contributed by atoms with E-state index in [1.165, 1.54) is 11.1 Å². The number of carbonyl (C=O) groups is 1. The molecule has 2 rings (SSSR count). The maximum absolute atomic E-state index is 12.0. The van der Waals surface area contributed by atoms with Gasteiger partial charge in [0.2, 0.25) is 5.91 Å². The average Bonchev–Trinajstić information content (AvgIpc) is 3.00. The third-order valence-electron chi connectivity index (χ3n) is 3.35. The molecule has 0 fully saturated rings. The molecule has 0 spiro atoms. The number of aryl methyl sites for hydroxylation is 2. The second-order valence-electron chi connectivity index (χ2n) is 5.11. The number of carbonyl (C=O) groups excluding carboxylic acids is 1. The summed E-state index contributed by atoms with van der Waals surface area (Å²) >= 11 is 1.67. The van der Waals surface area contributed by atoms with Gasteiger partial charge in [-0.2, -0.15) is 11.3 Å². The molecule has 0 radical (unpaired) electrons. The van der Waals surface area contributed by atoms with Gasteiger partial charge < -0.3 is 9.64 Å². The monoisotopic (exact) mass is 303 g/mol. The van der Waals surface area contributed by atoms with E-state index in [0.29, 0.717) is 19.6 Å². The molecule has 0 atom stereocenters. The molecule has 0 aliphatic heterocycles. The van der Waals surface area contributed by atoms with Crippen LogP contribution in [0, 0.1) is 6.92 Å². The molecule has 0 N–H and O–H groups in total. The lowest BCUT2D eigenvalue weighted by Crippen LogP contribution is -2.31. The third-order valence-corrected chi connectivity index (χ3v) is 4.08. The van der Waals surface area contributed by atoms with Crippen LogP contribution in [0.15, 0.2) is 41.1 Å². The van der Waals surface area contributed by atoms with Crippen LogP contribution in [0.5, 0.6) is 5.75 Å². The highest BCUT2D eigenvalue weighted by Crippen LogP contribution is 2.11. The van der Waals surface area contributed by atoms with Crippen molar-refractivity contribution in [1.29, 1.82) is 0 Å². The third kappa shape index (κ3) is 5.23. The molecule has 1 aromatic carbocycles. The normalized spacial score (nSPS) is 10.4. The largest absolute Gasteiger partial charge is 0.492 e. The van der Waals surface area contributed by atoms with Crippen LogP contribution in [0.1, 0.15) is 17.5 Å². The first-order valence-electron chi connectivity index (χ1n) is 7.09. The summed E-state index contributed by atoms with van der Waals surface area (Å²) in [6, 6.07) is 10.0. The Morgan fingerprint density at radius 3 is 2.67 bits per heavy atom. The van der Waals surface area contributed by atoms with E-state index in [9.17, 15) is 4.79 Å². The Hall–Kier alpha value is -1.81. The standard InChI is InChI=1S/C17H21NO2S/c1-14-3-6-16(7-4-14)20-11-10-18(2)17(19)8-5-15-9-12-21-13-15/h3-4,6-7,9,12-13H,5,8,10-11H2,1-2H3. The van der Waals surface area contributed by atoms with Crippen LogP contribution in [0.3, 0.4) is 0 Å². The molecule has 1 heterocycles. The van der Waals surface area contributed by atoms with E-state index in [1.54, 1.807) is 16.2 Å². The van der Waals surface area contributed by atoms with E-state index in [1.807, 2.05) is 43.6 Å². The van der Waals surface area contributed by atoms with Crippen LogP contribution < -0.4 is 4.74 Å². The maximum Gasteiger partial charge on any atom is 0.222 e. The highest BCUT2D eigenvalue weighted by atomic mass is 32.1. The number of hydrogen-bond donors (Lipinski definition) is 0. The van der Waals surface area contributed by atoms with Gasteiger partial charge in [-0.05, 0) is 47.9 Å². The number of hydrogen-bond acceptors (Lipinski definition) is 3. The predicted molar refractivity (Wildman–Crippen MR) is 87.0 cm³/mol. The first kappa shape index (κ1) is 15.6. The maximum atomic E-state index is 12.0. The highest BCUT2D eigenvalue weighted by Gasteiger charge is 2.09. The zero-order chi connectivity index (χ0) is 15.1. The first-order valence-corrected chi connectivity index (χ1v) is 8.04. The molecule has 2 aromatic rings. The Morgan fingerprint density at radius 1 is 1.24 bits per heavy atom. The Morgan fingerprint density at radius 2 is 2.00 bits per heavy atom. The molecular weight excluding hydrogens is 282 g/mol. The molecule has 1 amide bonds. The number of amides is 1. The van der Waals surface area contributed by atoms with Crippen molar-refractivity contribution in [1.82, 2.24) is 4.90 Å². The molecule has 0 saturated heterocycles. The minimum atomic E-state index is 0.161. The van der Waals surface area contributed by atoms with Crippen molar-refractivity contribution in [3.05, 3.63) is 52.2 Å². The number of rotatable bonds is 7. The van der Waals surface area contributed by atoms with E-state index in [4.69, 9.17) is 4.74 Å². The topological polar surface area (TPSA) is 29.5 Å². The zero-order valence-electron chi connectivity index (χ0n) is 12.5. The Kier molecular flexibility index (Phi) is 5.81. The fourth-order valence-corrected chi connectivity index (χ4v) is 2.64. The lowest BCUT2D eigenvalue weighted by molar-refractivity contribution is -0.130. The van der Waals surface area contributed by atoms with Crippen molar-refractivity contribution in [3.63, 3.8) is 0 Å². The lowest BCUT2D eigenvalue weighted by atomic mass is 10.2. The van der Waals surface area contributed by atoms with Crippen LogP contribution >= 0.6 is 11.3 Å². The molecule has 112 valence electrons. The summed E-state index contributed by atoms with van der Waals surface area (Å²) in [7, 11) is 1.83. The van der Waals surface area contributed by atoms with Crippen molar-refractivity contribution in [2.24, 2.45) is 0 Å². The van der Waals surface area contributed by atoms with E-state index in [-0.39, 0.29) is 5.91 Å². The Balaban J connectivity index is 1.67. The van der Waals surface area contributed by atoms with Gasteiger partial charge >= 0.3 is 0 Å². The molecular formula is C17H21NO2S. The molecule has 0 aliphatic carbocycles. The Labute approximate surface area is 130 Å². The number of benzene rings is 1. The van der Waals surface area contributed by atoms with E-state index in [2.05, 4.69) is 11.4 Å². The van der Waals surface area contributed by atoms with E-state index in [0.717, 1.165) is 12.2 Å². The zero-order valence-corrected chi connectivity index (χ0v) is 13.4. The molecule has 3 nitrogen and oxygen atoms in total. The summed E-state index contributed by atoms with van der Waals surface area (Å²) in [5, 5.41) is 4.13. The second-order valence-corrected chi connectivity index (χ2v) is 5.89. The number of likely N-dealkylation sites (N-methyl/N-ethyl adjacent to an activating group) is 1. The van der Waals surface area contributed by atoms with Gasteiger partial charge in [-0.15, -0.1) is 0 Å². The average molecular weight is 303 g/mol. The molecule has 0 saturated carbocycles. The number of nitrogens with zero attached hydrogens (tertiary/aromatic N) is 1. The molecule has 0 aliphatic rings. The summed E-state index contributed by atoms with van der Waals surface area (Å²) in [6.07, 6.45) is 1.36. The van der Waals surface area contributed by atoms with Gasteiger partial charge in [0.15, 0.2) is 0 Å². The molecule has 4 heteroatoms. The van der Waals surface area contributed by atoms with Crippen LogP contribution in [0.2, 0.25) is 0 Å². The van der Waals surface area contributed by atoms with Gasteiger partial charge in [-0.1, -0.05) is 17.7 Å². The van der Waals surface area contributed by atoms with Gasteiger partial charge in [-0.3, -0.25) is 4.79 Å². The summed E-state index contributed by atoms with van der Waals surface area (Å²) in [5.41, 5.74) is 2.45. The van der Waals surface area contributed by atoms with Crippen molar-refractivity contribution in [2.75, 3.05) is 20.2 Å². The molecule has 0 bridgehead atoms. The van der Waals surface area contributed by atoms with Gasteiger partial charge in [0.1, 0.15) is 12.4 Å². The fourth-order valence-electron chi connectivity index (χ4n) is 1.94. The summed E-state index contributed by atoms with van der Waals surface area (Å²) in [5.74, 6) is 1.01. The quantitative estimate of drug-likeness (QED) is 0.783.